The molecule has 204 valence electrons. The third-order valence-corrected chi connectivity index (χ3v) is 7.13. The highest BCUT2D eigenvalue weighted by atomic mass is 32.2. The number of nitrogens with zero attached hydrogens (tertiary/aromatic N) is 5. The summed E-state index contributed by atoms with van der Waals surface area (Å²) in [7, 11) is -2.22. The summed E-state index contributed by atoms with van der Waals surface area (Å²) in [6.45, 7) is 5.26. The topological polar surface area (TPSA) is 117 Å². The average Bonchev–Trinajstić information content (AvgIpc) is 3.34. The molecule has 0 spiro atoms. The zero-order chi connectivity index (χ0) is 28.0. The molecular formula is C28H31N5O5S. The number of aryl methyl sites for hydroxylation is 1. The number of imidazole rings is 1. The second kappa shape index (κ2) is 11.7. The molecule has 0 unspecified atom stereocenters. The fourth-order valence-corrected chi connectivity index (χ4v) is 5.12. The molecule has 39 heavy (non-hydrogen) atoms. The third kappa shape index (κ3) is 7.71. The zero-order valence-electron chi connectivity index (χ0n) is 22.3. The van der Waals surface area contributed by atoms with E-state index in [9.17, 15) is 13.2 Å². The van der Waals surface area contributed by atoms with Gasteiger partial charge in [-0.15, -0.1) is 0 Å². The van der Waals surface area contributed by atoms with Crippen molar-refractivity contribution in [3.63, 3.8) is 0 Å². The van der Waals surface area contributed by atoms with Gasteiger partial charge in [-0.3, -0.25) is 0 Å². The Morgan fingerprint density at radius 3 is 2.28 bits per heavy atom. The lowest BCUT2D eigenvalue weighted by molar-refractivity contribution is -0.157. The maximum Gasteiger partial charge on any atom is 0.344 e. The van der Waals surface area contributed by atoms with E-state index in [1.165, 1.54) is 16.8 Å². The Labute approximate surface area is 228 Å². The van der Waals surface area contributed by atoms with Crippen molar-refractivity contribution in [2.24, 2.45) is 7.05 Å². The van der Waals surface area contributed by atoms with Crippen molar-refractivity contribution in [3.05, 3.63) is 90.6 Å². The Morgan fingerprint density at radius 2 is 1.64 bits per heavy atom. The second-order valence-electron chi connectivity index (χ2n) is 9.94. The molecule has 0 aliphatic carbocycles. The maximum absolute atomic E-state index is 13.6. The summed E-state index contributed by atoms with van der Waals surface area (Å²) in [5.41, 5.74) is 1.68. The number of carbonyl (C=O) groups excluding carboxylic acids is 1. The Kier molecular flexibility index (Phi) is 8.41. The van der Waals surface area contributed by atoms with Crippen molar-refractivity contribution in [1.82, 2.24) is 23.8 Å². The van der Waals surface area contributed by atoms with E-state index in [1.807, 2.05) is 24.3 Å². The number of rotatable bonds is 10. The molecule has 11 heteroatoms. The van der Waals surface area contributed by atoms with Gasteiger partial charge in [-0.05, 0) is 50.1 Å². The highest BCUT2D eigenvalue weighted by Crippen LogP contribution is 2.23. The first-order chi connectivity index (χ1) is 18.5. The normalized spacial score (nSPS) is 11.9. The molecule has 0 atom stereocenters. The van der Waals surface area contributed by atoms with Crippen molar-refractivity contribution < 1.29 is 22.7 Å². The van der Waals surface area contributed by atoms with Crippen LogP contribution in [-0.2, 0) is 39.7 Å². The summed E-state index contributed by atoms with van der Waals surface area (Å²) in [6.07, 6.45) is 6.26. The summed E-state index contributed by atoms with van der Waals surface area (Å²) in [5, 5.41) is -0.0448. The van der Waals surface area contributed by atoms with Gasteiger partial charge in [0, 0.05) is 44.3 Å². The van der Waals surface area contributed by atoms with Crippen LogP contribution in [-0.4, -0.2) is 50.4 Å². The van der Waals surface area contributed by atoms with Crippen molar-refractivity contribution >= 4 is 16.0 Å². The predicted molar refractivity (Wildman–Crippen MR) is 145 cm³/mol. The number of benzene rings is 2. The van der Waals surface area contributed by atoms with E-state index in [1.54, 1.807) is 75.1 Å². The fourth-order valence-electron chi connectivity index (χ4n) is 3.74. The number of aromatic nitrogens is 4. The molecule has 4 rings (SSSR count). The van der Waals surface area contributed by atoms with Gasteiger partial charge in [-0.2, -0.15) is 4.31 Å². The molecule has 2 aromatic heterocycles. The lowest BCUT2D eigenvalue weighted by atomic mass is 10.1. The summed E-state index contributed by atoms with van der Waals surface area (Å²) >= 11 is 0. The molecule has 2 aromatic carbocycles. The minimum Gasteiger partial charge on any atom is -0.482 e. The smallest absolute Gasteiger partial charge is 0.344 e. The molecule has 0 radical (unpaired) electrons. The minimum atomic E-state index is -3.94. The molecule has 0 saturated carbocycles. The first-order valence-electron chi connectivity index (χ1n) is 12.3. The van der Waals surface area contributed by atoms with E-state index in [2.05, 4.69) is 15.0 Å². The van der Waals surface area contributed by atoms with Crippen LogP contribution in [0.2, 0.25) is 0 Å². The van der Waals surface area contributed by atoms with Crippen molar-refractivity contribution in [2.75, 3.05) is 6.61 Å². The van der Waals surface area contributed by atoms with Gasteiger partial charge in [-0.25, -0.2) is 28.2 Å². The van der Waals surface area contributed by atoms with Gasteiger partial charge in [0.25, 0.3) is 10.0 Å². The largest absolute Gasteiger partial charge is 0.482 e. The third-order valence-electron chi connectivity index (χ3n) is 5.46. The van der Waals surface area contributed by atoms with Crippen LogP contribution in [0.4, 0.5) is 0 Å². The Balaban J connectivity index is 1.55. The second-order valence-corrected chi connectivity index (χ2v) is 11.8. The van der Waals surface area contributed by atoms with Gasteiger partial charge in [0.1, 0.15) is 11.4 Å². The number of carbonyl (C=O) groups is 1. The molecule has 0 N–H and O–H groups in total. The molecule has 0 amide bonds. The highest BCUT2D eigenvalue weighted by molar-refractivity contribution is 7.89. The monoisotopic (exact) mass is 549 g/mol. The fraction of sp³-hybridized carbons (Fsp3) is 0.286. The predicted octanol–water partition coefficient (Wildman–Crippen LogP) is 3.99. The van der Waals surface area contributed by atoms with E-state index in [-0.39, 0.29) is 24.7 Å². The summed E-state index contributed by atoms with van der Waals surface area (Å²) in [4.78, 5) is 24.7. The number of sulfonamides is 1. The zero-order valence-corrected chi connectivity index (χ0v) is 23.1. The van der Waals surface area contributed by atoms with Crippen LogP contribution in [0.15, 0.2) is 84.5 Å². The van der Waals surface area contributed by atoms with Gasteiger partial charge in [-0.1, -0.05) is 36.4 Å². The SMILES string of the molecule is Cn1cnc(S(=O)(=O)N(Cc2ccc(-c3ncccn3)cc2)Cc2cccc(OCC(=O)OC(C)(C)C)c2)c1. The Hall–Kier alpha value is -4.09. The van der Waals surface area contributed by atoms with Gasteiger partial charge < -0.3 is 14.0 Å². The Morgan fingerprint density at radius 1 is 0.949 bits per heavy atom. The summed E-state index contributed by atoms with van der Waals surface area (Å²) in [5.74, 6) is 0.530. The molecule has 0 bridgehead atoms. The quantitative estimate of drug-likeness (QED) is 0.273. The van der Waals surface area contributed by atoms with E-state index in [0.717, 1.165) is 11.1 Å². The summed E-state index contributed by atoms with van der Waals surface area (Å²) in [6, 6.07) is 16.1. The summed E-state index contributed by atoms with van der Waals surface area (Å²) < 4.78 is 41.1. The number of hydrogen-bond donors (Lipinski definition) is 0. The first-order valence-corrected chi connectivity index (χ1v) is 13.7. The molecule has 0 fully saturated rings. The number of hydrogen-bond acceptors (Lipinski definition) is 8. The minimum absolute atomic E-state index is 0.0448. The molecule has 0 aliphatic rings. The molecule has 4 aromatic rings. The van der Waals surface area contributed by atoms with Crippen LogP contribution in [0.5, 0.6) is 5.75 Å². The van der Waals surface area contributed by atoms with Gasteiger partial charge >= 0.3 is 5.97 Å². The molecule has 2 heterocycles. The number of ether oxygens (including phenoxy) is 2. The van der Waals surface area contributed by atoms with Gasteiger partial charge in [0.05, 0.1) is 6.33 Å². The van der Waals surface area contributed by atoms with Crippen molar-refractivity contribution in [2.45, 2.75) is 44.5 Å². The van der Waals surface area contributed by atoms with Crippen LogP contribution in [0.3, 0.4) is 0 Å². The van der Waals surface area contributed by atoms with Crippen molar-refractivity contribution in [1.29, 1.82) is 0 Å². The lowest BCUT2D eigenvalue weighted by Crippen LogP contribution is -2.30. The van der Waals surface area contributed by atoms with E-state index in [4.69, 9.17) is 9.47 Å². The first kappa shape index (κ1) is 27.9. The highest BCUT2D eigenvalue weighted by Gasteiger charge is 2.27. The van der Waals surface area contributed by atoms with Crippen LogP contribution in [0.1, 0.15) is 31.9 Å². The number of esters is 1. The lowest BCUT2D eigenvalue weighted by Gasteiger charge is -2.22. The van der Waals surface area contributed by atoms with E-state index in [0.29, 0.717) is 17.1 Å². The van der Waals surface area contributed by atoms with Gasteiger partial charge in [0.15, 0.2) is 17.5 Å². The molecular weight excluding hydrogens is 518 g/mol. The molecule has 0 aliphatic heterocycles. The van der Waals surface area contributed by atoms with E-state index < -0.39 is 21.6 Å². The van der Waals surface area contributed by atoms with Crippen molar-refractivity contribution in [3.8, 4) is 17.1 Å². The molecule has 0 saturated heterocycles. The average molecular weight is 550 g/mol. The van der Waals surface area contributed by atoms with Crippen LogP contribution < -0.4 is 4.74 Å². The maximum atomic E-state index is 13.6. The van der Waals surface area contributed by atoms with Gasteiger partial charge in [0.2, 0.25) is 0 Å². The van der Waals surface area contributed by atoms with Crippen LogP contribution in [0.25, 0.3) is 11.4 Å². The van der Waals surface area contributed by atoms with Crippen LogP contribution >= 0.6 is 0 Å². The van der Waals surface area contributed by atoms with E-state index >= 15 is 0 Å². The Bertz CT molecular complexity index is 1510. The van der Waals surface area contributed by atoms with Crippen LogP contribution in [0, 0.1) is 0 Å². The molecule has 10 nitrogen and oxygen atoms in total. The standard InChI is InChI=1S/C28H31N5O5S/c1-28(2,3)38-26(34)19-37-24-8-5-7-22(15-24)17-33(39(35,36)25-18-32(4)20-31-25)16-21-9-11-23(12-10-21)27-29-13-6-14-30-27/h5-15,18,20H,16-17,19H2,1-4H3.